The molecule has 0 spiro atoms. The van der Waals surface area contributed by atoms with Crippen LogP contribution in [0.4, 0.5) is 0 Å². The van der Waals surface area contributed by atoms with Gasteiger partial charge in [-0.2, -0.15) is 0 Å². The molecule has 1 unspecified atom stereocenters. The van der Waals surface area contributed by atoms with Crippen LogP contribution in [0.3, 0.4) is 0 Å². The van der Waals surface area contributed by atoms with Crippen LogP contribution in [0.1, 0.15) is 22.8 Å². The molecule has 0 bridgehead atoms. The molecule has 18 heavy (non-hydrogen) atoms. The van der Waals surface area contributed by atoms with Crippen molar-refractivity contribution < 1.29 is 9.84 Å². The lowest BCUT2D eigenvalue weighted by Crippen LogP contribution is -2.00. The maximum Gasteiger partial charge on any atom is 0.104 e. The molecule has 0 fully saturated rings. The SMILES string of the molecule is COCc1cccc(C(O)c2ccc(Cl)cc2)c1. The van der Waals surface area contributed by atoms with Gasteiger partial charge in [0.25, 0.3) is 0 Å². The Kier molecular flexibility index (Phi) is 4.37. The monoisotopic (exact) mass is 262 g/mol. The van der Waals surface area contributed by atoms with Crippen LogP contribution in [0.15, 0.2) is 48.5 Å². The first-order chi connectivity index (χ1) is 8.70. The van der Waals surface area contributed by atoms with E-state index in [4.69, 9.17) is 16.3 Å². The fourth-order valence-corrected chi connectivity index (χ4v) is 1.98. The van der Waals surface area contributed by atoms with E-state index in [2.05, 4.69) is 0 Å². The summed E-state index contributed by atoms with van der Waals surface area (Å²) in [4.78, 5) is 0. The standard InChI is InChI=1S/C15H15ClO2/c1-18-10-11-3-2-4-13(9-11)15(17)12-5-7-14(16)8-6-12/h2-9,15,17H,10H2,1H3. The lowest BCUT2D eigenvalue weighted by Gasteiger charge is -2.12. The molecule has 0 aliphatic heterocycles. The lowest BCUT2D eigenvalue weighted by atomic mass is 10.00. The Labute approximate surface area is 112 Å². The van der Waals surface area contributed by atoms with Crippen molar-refractivity contribution >= 4 is 11.6 Å². The largest absolute Gasteiger partial charge is 0.384 e. The van der Waals surface area contributed by atoms with Crippen molar-refractivity contribution in [3.8, 4) is 0 Å². The number of rotatable bonds is 4. The molecule has 3 heteroatoms. The van der Waals surface area contributed by atoms with E-state index in [1.165, 1.54) is 0 Å². The van der Waals surface area contributed by atoms with E-state index in [1.807, 2.05) is 36.4 Å². The summed E-state index contributed by atoms with van der Waals surface area (Å²) in [5, 5.41) is 11.0. The third kappa shape index (κ3) is 3.10. The average Bonchev–Trinajstić information content (AvgIpc) is 2.39. The highest BCUT2D eigenvalue weighted by Crippen LogP contribution is 2.24. The molecule has 2 aromatic rings. The van der Waals surface area contributed by atoms with Gasteiger partial charge in [-0.1, -0.05) is 48.0 Å². The molecule has 2 aromatic carbocycles. The Bertz CT molecular complexity index is 508. The minimum Gasteiger partial charge on any atom is -0.384 e. The molecular formula is C15H15ClO2. The van der Waals surface area contributed by atoms with E-state index in [0.29, 0.717) is 11.6 Å². The van der Waals surface area contributed by atoms with Crippen LogP contribution in [-0.4, -0.2) is 12.2 Å². The predicted octanol–water partition coefficient (Wildman–Crippen LogP) is 3.57. The summed E-state index contributed by atoms with van der Waals surface area (Å²) in [5.41, 5.74) is 2.73. The van der Waals surface area contributed by atoms with E-state index in [-0.39, 0.29) is 0 Å². The van der Waals surface area contributed by atoms with E-state index in [0.717, 1.165) is 16.7 Å². The Hall–Kier alpha value is -1.35. The molecule has 1 N–H and O–H groups in total. The number of methoxy groups -OCH3 is 1. The van der Waals surface area contributed by atoms with Gasteiger partial charge in [-0.3, -0.25) is 0 Å². The van der Waals surface area contributed by atoms with Gasteiger partial charge in [0.1, 0.15) is 6.10 Å². The Morgan fingerprint density at radius 1 is 1.11 bits per heavy atom. The van der Waals surface area contributed by atoms with Crippen molar-refractivity contribution in [2.45, 2.75) is 12.7 Å². The van der Waals surface area contributed by atoms with Crippen LogP contribution in [0.5, 0.6) is 0 Å². The predicted molar refractivity (Wildman–Crippen MR) is 72.7 cm³/mol. The number of aliphatic hydroxyl groups excluding tert-OH is 1. The zero-order valence-corrected chi connectivity index (χ0v) is 10.9. The highest BCUT2D eigenvalue weighted by Gasteiger charge is 2.10. The molecule has 2 nitrogen and oxygen atoms in total. The number of hydrogen-bond acceptors (Lipinski definition) is 2. The normalized spacial score (nSPS) is 12.4. The van der Waals surface area contributed by atoms with Gasteiger partial charge in [-0.15, -0.1) is 0 Å². The molecule has 0 amide bonds. The summed E-state index contributed by atoms with van der Waals surface area (Å²) in [6.45, 7) is 0.543. The average molecular weight is 263 g/mol. The zero-order valence-electron chi connectivity index (χ0n) is 10.1. The fraction of sp³-hybridized carbons (Fsp3) is 0.200. The van der Waals surface area contributed by atoms with E-state index in [1.54, 1.807) is 19.2 Å². The third-order valence-electron chi connectivity index (χ3n) is 2.76. The van der Waals surface area contributed by atoms with E-state index >= 15 is 0 Å². The third-order valence-corrected chi connectivity index (χ3v) is 3.02. The van der Waals surface area contributed by atoms with Gasteiger partial charge in [0.15, 0.2) is 0 Å². The highest BCUT2D eigenvalue weighted by atomic mass is 35.5. The van der Waals surface area contributed by atoms with Gasteiger partial charge in [-0.25, -0.2) is 0 Å². The van der Waals surface area contributed by atoms with Crippen molar-refractivity contribution in [3.05, 3.63) is 70.2 Å². The van der Waals surface area contributed by atoms with Gasteiger partial charge < -0.3 is 9.84 Å². The summed E-state index contributed by atoms with van der Waals surface area (Å²) in [6, 6.07) is 15.0. The van der Waals surface area contributed by atoms with Gasteiger partial charge in [-0.05, 0) is 28.8 Å². The molecule has 0 radical (unpaired) electrons. The molecule has 0 heterocycles. The molecule has 1 atom stereocenters. The van der Waals surface area contributed by atoms with Crippen molar-refractivity contribution in [1.82, 2.24) is 0 Å². The summed E-state index contributed by atoms with van der Waals surface area (Å²) in [7, 11) is 1.66. The topological polar surface area (TPSA) is 29.5 Å². The number of hydrogen-bond donors (Lipinski definition) is 1. The summed E-state index contributed by atoms with van der Waals surface area (Å²) in [5.74, 6) is 0. The second-order valence-corrected chi connectivity index (χ2v) is 4.57. The fourth-order valence-electron chi connectivity index (χ4n) is 1.86. The number of halogens is 1. The van der Waals surface area contributed by atoms with Crippen molar-refractivity contribution in [3.63, 3.8) is 0 Å². The van der Waals surface area contributed by atoms with Crippen LogP contribution in [0.2, 0.25) is 5.02 Å². The number of benzene rings is 2. The van der Waals surface area contributed by atoms with Gasteiger partial charge in [0, 0.05) is 12.1 Å². The smallest absolute Gasteiger partial charge is 0.104 e. The Morgan fingerprint density at radius 3 is 2.50 bits per heavy atom. The minimum atomic E-state index is -0.640. The summed E-state index contributed by atoms with van der Waals surface area (Å²) < 4.78 is 5.08. The second-order valence-electron chi connectivity index (χ2n) is 4.13. The maximum absolute atomic E-state index is 10.3. The van der Waals surface area contributed by atoms with Crippen LogP contribution in [0, 0.1) is 0 Å². The van der Waals surface area contributed by atoms with E-state index in [9.17, 15) is 5.11 Å². The van der Waals surface area contributed by atoms with Crippen molar-refractivity contribution in [1.29, 1.82) is 0 Å². The summed E-state index contributed by atoms with van der Waals surface area (Å²) in [6.07, 6.45) is -0.640. The van der Waals surface area contributed by atoms with Gasteiger partial charge >= 0.3 is 0 Å². The van der Waals surface area contributed by atoms with Crippen LogP contribution >= 0.6 is 11.6 Å². The molecule has 0 saturated heterocycles. The van der Waals surface area contributed by atoms with Crippen molar-refractivity contribution in [2.24, 2.45) is 0 Å². The Morgan fingerprint density at radius 2 is 1.83 bits per heavy atom. The van der Waals surface area contributed by atoms with Gasteiger partial charge in [0.05, 0.1) is 6.61 Å². The molecular weight excluding hydrogens is 248 g/mol. The second kappa shape index (κ2) is 6.01. The maximum atomic E-state index is 10.3. The number of ether oxygens (including phenoxy) is 1. The first-order valence-corrected chi connectivity index (χ1v) is 6.10. The first-order valence-electron chi connectivity index (χ1n) is 5.72. The molecule has 0 aliphatic carbocycles. The lowest BCUT2D eigenvalue weighted by molar-refractivity contribution is 0.184. The highest BCUT2D eigenvalue weighted by molar-refractivity contribution is 6.30. The molecule has 0 aromatic heterocycles. The first kappa shape index (κ1) is 13.1. The van der Waals surface area contributed by atoms with Gasteiger partial charge in [0.2, 0.25) is 0 Å². The quantitative estimate of drug-likeness (QED) is 0.913. The molecule has 94 valence electrons. The molecule has 0 aliphatic rings. The number of aliphatic hydroxyl groups is 1. The molecule has 2 rings (SSSR count). The minimum absolute atomic E-state index is 0.543. The van der Waals surface area contributed by atoms with Crippen LogP contribution < -0.4 is 0 Å². The van der Waals surface area contributed by atoms with E-state index < -0.39 is 6.10 Å². The van der Waals surface area contributed by atoms with Crippen LogP contribution in [-0.2, 0) is 11.3 Å². The van der Waals surface area contributed by atoms with Crippen molar-refractivity contribution in [2.75, 3.05) is 7.11 Å². The molecule has 0 saturated carbocycles. The Balaban J connectivity index is 2.24. The summed E-state index contributed by atoms with van der Waals surface area (Å²) >= 11 is 5.83. The zero-order chi connectivity index (χ0) is 13.0. The van der Waals surface area contributed by atoms with Crippen LogP contribution in [0.25, 0.3) is 0 Å².